The molecule has 2 rings (SSSR count). The minimum absolute atomic E-state index is 0.148. The van der Waals surface area contributed by atoms with E-state index in [-0.39, 0.29) is 12.0 Å². The zero-order valence-electron chi connectivity index (χ0n) is 10.7. The largest absolute Gasteiger partial charge is 0.447 e. The molecule has 1 fully saturated rings. The fourth-order valence-corrected chi connectivity index (χ4v) is 1.56. The molecule has 19 heavy (non-hydrogen) atoms. The number of hydrazine groups is 1. The number of terminal acetylenes is 1. The molecule has 1 aliphatic rings. The van der Waals surface area contributed by atoms with Crippen LogP contribution in [0.15, 0.2) is 0 Å². The minimum atomic E-state index is -0.425. The molecule has 0 aromatic carbocycles. The number of morpholine rings is 1. The van der Waals surface area contributed by atoms with Gasteiger partial charge in [0.1, 0.15) is 0 Å². The van der Waals surface area contributed by atoms with Crippen molar-refractivity contribution in [3.63, 3.8) is 0 Å². The quantitative estimate of drug-likeness (QED) is 0.422. The number of aromatic nitrogens is 3. The van der Waals surface area contributed by atoms with Crippen molar-refractivity contribution in [2.45, 2.75) is 13.0 Å². The average Bonchev–Trinajstić information content (AvgIpc) is 2.47. The average molecular weight is 264 g/mol. The molecule has 1 atom stereocenters. The van der Waals surface area contributed by atoms with Crippen molar-refractivity contribution in [3.8, 4) is 18.4 Å². The summed E-state index contributed by atoms with van der Waals surface area (Å²) in [5, 5.41) is 0. The van der Waals surface area contributed by atoms with Crippen molar-refractivity contribution < 1.29 is 9.47 Å². The molecule has 0 aliphatic carbocycles. The number of anilines is 2. The molecule has 0 bridgehead atoms. The van der Waals surface area contributed by atoms with E-state index in [1.54, 1.807) is 6.92 Å². The van der Waals surface area contributed by atoms with Crippen LogP contribution in [0.5, 0.6) is 6.01 Å². The van der Waals surface area contributed by atoms with Gasteiger partial charge in [-0.05, 0) is 6.92 Å². The molecule has 1 unspecified atom stereocenters. The van der Waals surface area contributed by atoms with E-state index < -0.39 is 6.10 Å². The third-order valence-corrected chi connectivity index (χ3v) is 2.54. The van der Waals surface area contributed by atoms with Crippen LogP contribution in [0.2, 0.25) is 0 Å². The number of nitrogens with zero attached hydrogens (tertiary/aromatic N) is 4. The Bertz CT molecular complexity index is 469. The van der Waals surface area contributed by atoms with Crippen molar-refractivity contribution in [3.05, 3.63) is 0 Å². The van der Waals surface area contributed by atoms with Crippen molar-refractivity contribution in [2.24, 2.45) is 5.84 Å². The second-order valence-electron chi connectivity index (χ2n) is 3.91. The molecule has 0 spiro atoms. The molecule has 8 heteroatoms. The van der Waals surface area contributed by atoms with Crippen LogP contribution in [0.4, 0.5) is 11.9 Å². The minimum Gasteiger partial charge on any atom is -0.447 e. The summed E-state index contributed by atoms with van der Waals surface area (Å²) < 4.78 is 10.7. The van der Waals surface area contributed by atoms with Gasteiger partial charge in [-0.1, -0.05) is 5.92 Å². The summed E-state index contributed by atoms with van der Waals surface area (Å²) in [4.78, 5) is 14.4. The lowest BCUT2D eigenvalue weighted by Crippen LogP contribution is -2.37. The van der Waals surface area contributed by atoms with Crippen molar-refractivity contribution >= 4 is 11.9 Å². The van der Waals surface area contributed by atoms with Crippen LogP contribution in [-0.4, -0.2) is 47.4 Å². The Kier molecular flexibility index (Phi) is 4.33. The molecule has 3 N–H and O–H groups in total. The lowest BCUT2D eigenvalue weighted by molar-refractivity contribution is 0.122. The maximum atomic E-state index is 5.39. The zero-order chi connectivity index (χ0) is 13.7. The summed E-state index contributed by atoms with van der Waals surface area (Å²) in [6.45, 7) is 4.41. The number of nitrogens with two attached hydrogens (primary N) is 1. The van der Waals surface area contributed by atoms with E-state index in [1.165, 1.54) is 0 Å². The van der Waals surface area contributed by atoms with Gasteiger partial charge in [0.05, 0.1) is 13.2 Å². The molecule has 0 saturated carbocycles. The number of rotatable bonds is 4. The van der Waals surface area contributed by atoms with E-state index in [9.17, 15) is 0 Å². The highest BCUT2D eigenvalue weighted by Crippen LogP contribution is 2.16. The smallest absolute Gasteiger partial charge is 0.324 e. The van der Waals surface area contributed by atoms with E-state index in [0.717, 1.165) is 0 Å². The monoisotopic (exact) mass is 264 g/mol. The van der Waals surface area contributed by atoms with Gasteiger partial charge in [-0.2, -0.15) is 15.0 Å². The summed E-state index contributed by atoms with van der Waals surface area (Å²) in [5.41, 5.74) is 2.39. The van der Waals surface area contributed by atoms with Crippen LogP contribution < -0.4 is 20.9 Å². The van der Waals surface area contributed by atoms with E-state index in [1.807, 2.05) is 4.90 Å². The fraction of sp³-hybridized carbons (Fsp3) is 0.545. The topological polar surface area (TPSA) is 98.4 Å². The number of hydrogen-bond donors (Lipinski definition) is 2. The molecular weight excluding hydrogens is 248 g/mol. The van der Waals surface area contributed by atoms with Gasteiger partial charge in [-0.3, -0.25) is 5.43 Å². The van der Waals surface area contributed by atoms with Gasteiger partial charge >= 0.3 is 6.01 Å². The van der Waals surface area contributed by atoms with Gasteiger partial charge in [0.15, 0.2) is 6.10 Å². The first-order valence-electron chi connectivity index (χ1n) is 5.91. The molecule has 0 amide bonds. The SMILES string of the molecule is C#CC(C)Oc1nc(NN)nc(N2CCOCC2)n1. The fourth-order valence-electron chi connectivity index (χ4n) is 1.56. The van der Waals surface area contributed by atoms with Crippen molar-refractivity contribution in [1.29, 1.82) is 0 Å². The summed E-state index contributed by atoms with van der Waals surface area (Å²) in [7, 11) is 0. The van der Waals surface area contributed by atoms with E-state index in [4.69, 9.17) is 21.7 Å². The van der Waals surface area contributed by atoms with Gasteiger partial charge in [0.2, 0.25) is 11.9 Å². The van der Waals surface area contributed by atoms with Crippen molar-refractivity contribution in [2.75, 3.05) is 36.6 Å². The lowest BCUT2D eigenvalue weighted by Gasteiger charge is -2.26. The number of ether oxygens (including phenoxy) is 2. The lowest BCUT2D eigenvalue weighted by atomic mass is 10.4. The first-order chi connectivity index (χ1) is 9.22. The first kappa shape index (κ1) is 13.3. The summed E-state index contributed by atoms with van der Waals surface area (Å²) in [5.74, 6) is 8.50. The molecule has 8 nitrogen and oxygen atoms in total. The summed E-state index contributed by atoms with van der Waals surface area (Å²) in [6, 6.07) is 0.148. The Morgan fingerprint density at radius 3 is 2.79 bits per heavy atom. The van der Waals surface area contributed by atoms with E-state index >= 15 is 0 Å². The third-order valence-electron chi connectivity index (χ3n) is 2.54. The van der Waals surface area contributed by atoms with Gasteiger partial charge in [0.25, 0.3) is 0 Å². The molecule has 1 saturated heterocycles. The molecule has 102 valence electrons. The van der Waals surface area contributed by atoms with E-state index in [2.05, 4.69) is 26.3 Å². The maximum Gasteiger partial charge on any atom is 0.324 e. The molecule has 1 aliphatic heterocycles. The molecule has 0 radical (unpaired) electrons. The molecule has 1 aromatic heterocycles. The summed E-state index contributed by atoms with van der Waals surface area (Å²) >= 11 is 0. The van der Waals surface area contributed by atoms with E-state index in [0.29, 0.717) is 32.3 Å². The van der Waals surface area contributed by atoms with Gasteiger partial charge in [-0.15, -0.1) is 6.42 Å². The Morgan fingerprint density at radius 1 is 1.42 bits per heavy atom. The standard InChI is InChI=1S/C11H16N6O2/c1-3-8(2)19-11-14-9(16-12)13-10(15-11)17-4-6-18-7-5-17/h1,8H,4-7,12H2,2H3,(H,13,14,15,16). The highest BCUT2D eigenvalue weighted by molar-refractivity contribution is 5.38. The van der Waals surface area contributed by atoms with Crippen LogP contribution in [0.25, 0.3) is 0 Å². The van der Waals surface area contributed by atoms with Crippen LogP contribution >= 0.6 is 0 Å². The van der Waals surface area contributed by atoms with Gasteiger partial charge in [0, 0.05) is 13.1 Å². The Morgan fingerprint density at radius 2 is 2.16 bits per heavy atom. The van der Waals surface area contributed by atoms with Crippen LogP contribution in [-0.2, 0) is 4.74 Å². The normalized spacial score (nSPS) is 16.6. The second-order valence-corrected chi connectivity index (χ2v) is 3.91. The highest BCUT2D eigenvalue weighted by Gasteiger charge is 2.17. The Labute approximate surface area is 111 Å². The molecule has 2 heterocycles. The number of hydrogen-bond acceptors (Lipinski definition) is 8. The van der Waals surface area contributed by atoms with Gasteiger partial charge < -0.3 is 14.4 Å². The highest BCUT2D eigenvalue weighted by atomic mass is 16.5. The first-order valence-corrected chi connectivity index (χ1v) is 5.91. The van der Waals surface area contributed by atoms with Crippen LogP contribution in [0.1, 0.15) is 6.92 Å². The Hall–Kier alpha value is -2.11. The third kappa shape index (κ3) is 3.43. The van der Waals surface area contributed by atoms with Gasteiger partial charge in [-0.25, -0.2) is 5.84 Å². The predicted octanol–water partition coefficient (Wildman–Crippen LogP) is -0.606. The molecular formula is C11H16N6O2. The maximum absolute atomic E-state index is 5.39. The number of nitrogens with one attached hydrogen (secondary N) is 1. The van der Waals surface area contributed by atoms with Crippen molar-refractivity contribution in [1.82, 2.24) is 15.0 Å². The predicted molar refractivity (Wildman–Crippen MR) is 69.6 cm³/mol. The Balaban J connectivity index is 2.22. The summed E-state index contributed by atoms with van der Waals surface area (Å²) in [6.07, 6.45) is 4.83. The van der Waals surface area contributed by atoms with Crippen LogP contribution in [0, 0.1) is 12.3 Å². The zero-order valence-corrected chi connectivity index (χ0v) is 10.7. The number of nitrogen functional groups attached to an aromatic ring is 1. The molecule has 1 aromatic rings. The van der Waals surface area contributed by atoms with Crippen LogP contribution in [0.3, 0.4) is 0 Å². The second kappa shape index (κ2) is 6.17.